The summed E-state index contributed by atoms with van der Waals surface area (Å²) in [5.41, 5.74) is 7.55. The van der Waals surface area contributed by atoms with Crippen LogP contribution in [0.2, 0.25) is 0 Å². The van der Waals surface area contributed by atoms with Crippen LogP contribution in [-0.4, -0.2) is 6.21 Å². The van der Waals surface area contributed by atoms with E-state index in [0.717, 1.165) is 17.7 Å². The fourth-order valence-corrected chi connectivity index (χ4v) is 0.717. The van der Waals surface area contributed by atoms with Crippen LogP contribution in [0.15, 0.2) is 28.5 Å². The molecule has 1 aliphatic heterocycles. The third-order valence-electron chi connectivity index (χ3n) is 1.12. The van der Waals surface area contributed by atoms with E-state index < -0.39 is 0 Å². The molecule has 0 spiro atoms. The summed E-state index contributed by atoms with van der Waals surface area (Å²) in [6.45, 7) is 1.98. The Morgan fingerprint density at radius 2 is 2.44 bits per heavy atom. The number of hydrogen-bond acceptors (Lipinski definition) is 2. The summed E-state index contributed by atoms with van der Waals surface area (Å²) in [5.74, 6) is 0. The number of aliphatic imine (C=N–C) groups is 1. The zero-order valence-corrected chi connectivity index (χ0v) is 5.46. The Kier molecular flexibility index (Phi) is 1.68. The molecule has 2 nitrogen and oxygen atoms in total. The first-order chi connectivity index (χ1) is 4.29. The van der Waals surface area contributed by atoms with Crippen LogP contribution in [-0.2, 0) is 0 Å². The van der Waals surface area contributed by atoms with Crippen molar-refractivity contribution < 1.29 is 0 Å². The minimum atomic E-state index is 0.772. The number of nitrogens with two attached hydrogens (primary N) is 1. The van der Waals surface area contributed by atoms with Gasteiger partial charge < -0.3 is 5.73 Å². The number of hydrogen-bond donors (Lipinski definition) is 1. The van der Waals surface area contributed by atoms with Gasteiger partial charge in [-0.15, -0.1) is 0 Å². The summed E-state index contributed by atoms with van der Waals surface area (Å²) in [4.78, 5) is 3.98. The third-order valence-corrected chi connectivity index (χ3v) is 1.12. The van der Waals surface area contributed by atoms with E-state index in [-0.39, 0.29) is 0 Å². The van der Waals surface area contributed by atoms with E-state index in [2.05, 4.69) is 4.99 Å². The summed E-state index contributed by atoms with van der Waals surface area (Å²) in [7, 11) is 0. The summed E-state index contributed by atoms with van der Waals surface area (Å²) < 4.78 is 0. The Labute approximate surface area is 54.8 Å². The van der Waals surface area contributed by atoms with Crippen molar-refractivity contribution in [2.75, 3.05) is 0 Å². The Morgan fingerprint density at radius 1 is 1.67 bits per heavy atom. The van der Waals surface area contributed by atoms with Crippen LogP contribution in [0.25, 0.3) is 0 Å². The fourth-order valence-electron chi connectivity index (χ4n) is 0.717. The number of nitrogens with zero attached hydrogens (tertiary/aromatic N) is 1. The quantitative estimate of drug-likeness (QED) is 0.515. The van der Waals surface area contributed by atoms with Gasteiger partial charge in [0.1, 0.15) is 0 Å². The van der Waals surface area contributed by atoms with Crippen LogP contribution in [0.1, 0.15) is 13.3 Å². The predicted molar refractivity (Wildman–Crippen MR) is 39.1 cm³/mol. The summed E-state index contributed by atoms with van der Waals surface area (Å²) in [6, 6.07) is 0. The highest BCUT2D eigenvalue weighted by Crippen LogP contribution is 2.03. The maximum absolute atomic E-state index is 5.55. The molecule has 0 bridgehead atoms. The zero-order chi connectivity index (χ0) is 6.69. The molecule has 0 fully saturated rings. The highest BCUT2D eigenvalue weighted by molar-refractivity contribution is 5.63. The van der Waals surface area contributed by atoms with Gasteiger partial charge in [0.2, 0.25) is 0 Å². The lowest BCUT2D eigenvalue weighted by atomic mass is 10.2. The van der Waals surface area contributed by atoms with Crippen molar-refractivity contribution in [3.8, 4) is 0 Å². The topological polar surface area (TPSA) is 38.4 Å². The molecule has 1 rings (SSSR count). The first kappa shape index (κ1) is 6.08. The third kappa shape index (κ3) is 1.72. The van der Waals surface area contributed by atoms with Gasteiger partial charge in [0.05, 0.1) is 0 Å². The van der Waals surface area contributed by atoms with Crippen LogP contribution in [0.3, 0.4) is 0 Å². The maximum atomic E-state index is 5.55. The molecule has 0 aliphatic carbocycles. The lowest BCUT2D eigenvalue weighted by Crippen LogP contribution is -1.96. The van der Waals surface area contributed by atoms with Crippen LogP contribution in [0, 0.1) is 0 Å². The molecule has 2 heteroatoms. The smallest absolute Gasteiger partial charge is 0.0293 e. The van der Waals surface area contributed by atoms with E-state index in [4.69, 9.17) is 5.73 Å². The van der Waals surface area contributed by atoms with Crippen LogP contribution in [0.4, 0.5) is 0 Å². The van der Waals surface area contributed by atoms with Crippen molar-refractivity contribution in [3.63, 3.8) is 0 Å². The van der Waals surface area contributed by atoms with Crippen molar-refractivity contribution in [2.24, 2.45) is 10.7 Å². The molecule has 0 aromatic heterocycles. The van der Waals surface area contributed by atoms with Gasteiger partial charge in [0.15, 0.2) is 0 Å². The molecule has 0 atom stereocenters. The van der Waals surface area contributed by atoms with Gasteiger partial charge >= 0.3 is 0 Å². The Hall–Kier alpha value is -1.05. The van der Waals surface area contributed by atoms with E-state index in [1.165, 1.54) is 0 Å². The van der Waals surface area contributed by atoms with Gasteiger partial charge in [-0.25, -0.2) is 0 Å². The largest absolute Gasteiger partial charge is 0.402 e. The van der Waals surface area contributed by atoms with Crippen LogP contribution >= 0.6 is 0 Å². The SMILES string of the molecule is CC1=CN=CCC(N)=C1. The van der Waals surface area contributed by atoms with E-state index in [9.17, 15) is 0 Å². The Morgan fingerprint density at radius 3 is 3.22 bits per heavy atom. The van der Waals surface area contributed by atoms with E-state index in [1.54, 1.807) is 6.20 Å². The molecule has 0 aromatic carbocycles. The molecule has 48 valence electrons. The molecule has 0 unspecified atom stereocenters. The molecular formula is C7H10N2. The molecule has 1 heterocycles. The fraction of sp³-hybridized carbons (Fsp3) is 0.286. The number of allylic oxidation sites excluding steroid dienone is 3. The first-order valence-electron chi connectivity index (χ1n) is 2.93. The van der Waals surface area contributed by atoms with Crippen molar-refractivity contribution in [3.05, 3.63) is 23.5 Å². The van der Waals surface area contributed by atoms with Crippen LogP contribution < -0.4 is 5.73 Å². The molecule has 0 saturated carbocycles. The minimum Gasteiger partial charge on any atom is -0.402 e. The average Bonchev–Trinajstić information content (AvgIpc) is 1.93. The summed E-state index contributed by atoms with van der Waals surface area (Å²) in [6.07, 6.45) is 6.32. The second-order valence-electron chi connectivity index (χ2n) is 2.13. The van der Waals surface area contributed by atoms with Crippen molar-refractivity contribution >= 4 is 6.21 Å². The first-order valence-corrected chi connectivity index (χ1v) is 2.93. The van der Waals surface area contributed by atoms with Crippen molar-refractivity contribution in [2.45, 2.75) is 13.3 Å². The van der Waals surface area contributed by atoms with Gasteiger partial charge in [0.25, 0.3) is 0 Å². The molecule has 0 radical (unpaired) electrons. The molecule has 2 N–H and O–H groups in total. The average molecular weight is 122 g/mol. The van der Waals surface area contributed by atoms with E-state index in [0.29, 0.717) is 0 Å². The maximum Gasteiger partial charge on any atom is 0.0293 e. The van der Waals surface area contributed by atoms with Gasteiger partial charge in [-0.3, -0.25) is 4.99 Å². The second-order valence-corrected chi connectivity index (χ2v) is 2.13. The van der Waals surface area contributed by atoms with Gasteiger partial charge in [-0.1, -0.05) is 0 Å². The van der Waals surface area contributed by atoms with E-state index in [1.807, 2.05) is 19.2 Å². The summed E-state index contributed by atoms with van der Waals surface area (Å²) in [5, 5.41) is 0. The molecule has 0 amide bonds. The molecule has 1 aliphatic rings. The normalized spacial score (nSPS) is 18.3. The number of rotatable bonds is 0. The Bertz CT molecular complexity index is 187. The molecule has 0 saturated heterocycles. The highest BCUT2D eigenvalue weighted by atomic mass is 14.7. The standard InChI is InChI=1S/C7H10N2/c1-6-4-7(8)2-3-9-5-6/h3-5H,2,8H2,1H3. The summed E-state index contributed by atoms with van der Waals surface area (Å²) >= 11 is 0. The minimum absolute atomic E-state index is 0.772. The second kappa shape index (κ2) is 2.49. The highest BCUT2D eigenvalue weighted by Gasteiger charge is 1.90. The molecule has 9 heavy (non-hydrogen) atoms. The lowest BCUT2D eigenvalue weighted by molar-refractivity contribution is 1.22. The van der Waals surface area contributed by atoms with Gasteiger partial charge in [-0.2, -0.15) is 0 Å². The van der Waals surface area contributed by atoms with Gasteiger partial charge in [-0.05, 0) is 18.6 Å². The van der Waals surface area contributed by atoms with E-state index >= 15 is 0 Å². The van der Waals surface area contributed by atoms with Gasteiger partial charge in [0, 0.05) is 24.5 Å². The van der Waals surface area contributed by atoms with Crippen molar-refractivity contribution in [1.29, 1.82) is 0 Å². The molecular weight excluding hydrogens is 112 g/mol. The Balaban J connectivity index is 2.82. The van der Waals surface area contributed by atoms with Crippen molar-refractivity contribution in [1.82, 2.24) is 0 Å². The van der Waals surface area contributed by atoms with Crippen LogP contribution in [0.5, 0.6) is 0 Å². The molecule has 0 aromatic rings. The predicted octanol–water partition coefficient (Wildman–Crippen LogP) is 1.21. The monoisotopic (exact) mass is 122 g/mol. The zero-order valence-electron chi connectivity index (χ0n) is 5.46. The lowest BCUT2D eigenvalue weighted by Gasteiger charge is -1.90.